The molecule has 3 heterocycles. The number of carbonyl (C=O) groups excluding carboxylic acids is 2. The maximum absolute atomic E-state index is 12.9. The number of hydrogen-bond acceptors (Lipinski definition) is 10. The van der Waals surface area contributed by atoms with Crippen molar-refractivity contribution >= 4 is 27.4 Å². The number of carbonyl (C=O) groups is 2. The highest BCUT2D eigenvalue weighted by molar-refractivity contribution is 7.73. The van der Waals surface area contributed by atoms with Gasteiger partial charge in [0.2, 0.25) is 6.29 Å². The predicted octanol–water partition coefficient (Wildman–Crippen LogP) is 2.34. The zero-order chi connectivity index (χ0) is 23.9. The van der Waals surface area contributed by atoms with Crippen molar-refractivity contribution in [3.63, 3.8) is 0 Å². The fraction of sp³-hybridized carbons (Fsp3) is 0.278. The molecule has 13 nitrogen and oxygen atoms in total. The average molecular weight is 500 g/mol. The summed E-state index contributed by atoms with van der Waals surface area (Å²) in [6.07, 6.45) is -2.09. The van der Waals surface area contributed by atoms with Crippen LogP contribution < -0.4 is 4.74 Å². The Hall–Kier alpha value is -2.63. The zero-order valence-corrected chi connectivity index (χ0v) is 18.5. The first-order valence-corrected chi connectivity index (χ1v) is 12.6. The summed E-state index contributed by atoms with van der Waals surface area (Å²) in [5, 5.41) is 7.61. The van der Waals surface area contributed by atoms with E-state index in [0.29, 0.717) is 4.90 Å². The molecule has 2 unspecified atom stereocenters. The molecule has 0 aliphatic carbocycles. The second-order valence-electron chi connectivity index (χ2n) is 7.07. The van der Waals surface area contributed by atoms with Gasteiger partial charge in [0.25, 0.3) is 5.08 Å². The van der Waals surface area contributed by atoms with Crippen LogP contribution in [0.1, 0.15) is 17.4 Å². The SMILES string of the molecule is O=C1OCCN1C(=O)Oc1ccccc1C1OP(=O)(O)C(O)(Cc2cccnc2)P(=O)(O)O1. The second kappa shape index (κ2) is 8.62. The number of hydrogen-bond donors (Lipinski definition) is 3. The standard InChI is InChI=1S/C18H18N2O11P2/c21-16-20(8-9-28-16)17(22)29-14-6-2-1-5-13(14)15-30-32(24,25)18(23,33(26,27)31-15)10-12-4-3-7-19-11-12/h1-7,11,15,23H,8-10H2,(H,24,25)(H,26,27). The van der Waals surface area contributed by atoms with Crippen molar-refractivity contribution in [3.05, 3.63) is 59.9 Å². The number of amides is 2. The molecular formula is C18H18N2O11P2. The largest absolute Gasteiger partial charge is 0.447 e. The van der Waals surface area contributed by atoms with Crippen LogP contribution in [0.15, 0.2) is 48.8 Å². The van der Waals surface area contributed by atoms with Crippen LogP contribution in [0, 0.1) is 0 Å². The van der Waals surface area contributed by atoms with E-state index in [4.69, 9.17) is 13.8 Å². The number of rotatable bonds is 4. The molecule has 2 aliphatic heterocycles. The molecule has 0 bridgehead atoms. The maximum atomic E-state index is 12.9. The van der Waals surface area contributed by atoms with E-state index in [9.17, 15) is 33.6 Å². The van der Waals surface area contributed by atoms with Gasteiger partial charge in [-0.25, -0.2) is 14.5 Å². The van der Waals surface area contributed by atoms with E-state index in [1.165, 1.54) is 48.8 Å². The predicted molar refractivity (Wildman–Crippen MR) is 108 cm³/mol. The van der Waals surface area contributed by atoms with Gasteiger partial charge in [0.05, 0.1) is 12.1 Å². The number of imide groups is 1. The number of cyclic esters (lactones) is 1. The van der Waals surface area contributed by atoms with Crippen LogP contribution in [-0.4, -0.2) is 55.2 Å². The van der Waals surface area contributed by atoms with Gasteiger partial charge in [-0.3, -0.25) is 23.2 Å². The van der Waals surface area contributed by atoms with Crippen molar-refractivity contribution in [2.45, 2.75) is 17.8 Å². The Bertz CT molecular complexity index is 1150. The molecule has 4 rings (SSSR count). The lowest BCUT2D eigenvalue weighted by Gasteiger charge is -2.41. The van der Waals surface area contributed by atoms with Crippen LogP contribution in [0.2, 0.25) is 0 Å². The van der Waals surface area contributed by atoms with Crippen molar-refractivity contribution in [2.75, 3.05) is 13.2 Å². The number of pyridine rings is 1. The van der Waals surface area contributed by atoms with Crippen LogP contribution in [0.5, 0.6) is 5.75 Å². The highest BCUT2D eigenvalue weighted by atomic mass is 31.2. The van der Waals surface area contributed by atoms with Crippen molar-refractivity contribution in [1.82, 2.24) is 9.88 Å². The Morgan fingerprint density at radius 3 is 2.48 bits per heavy atom. The van der Waals surface area contributed by atoms with Crippen molar-refractivity contribution < 1.29 is 52.1 Å². The molecule has 176 valence electrons. The molecule has 1 aromatic carbocycles. The summed E-state index contributed by atoms with van der Waals surface area (Å²) in [6.45, 7) is -0.0589. The average Bonchev–Trinajstić information content (AvgIpc) is 3.19. The molecule has 0 spiro atoms. The van der Waals surface area contributed by atoms with Gasteiger partial charge < -0.3 is 24.4 Å². The Kier molecular flexibility index (Phi) is 6.14. The Morgan fingerprint density at radius 2 is 1.88 bits per heavy atom. The summed E-state index contributed by atoms with van der Waals surface area (Å²) in [4.78, 5) is 49.3. The molecule has 2 fully saturated rings. The molecule has 1 aromatic heterocycles. The molecule has 3 N–H and O–H groups in total. The van der Waals surface area contributed by atoms with Gasteiger partial charge in [-0.2, -0.15) is 0 Å². The molecular weight excluding hydrogens is 482 g/mol. The summed E-state index contributed by atoms with van der Waals surface area (Å²) in [5.41, 5.74) is -0.0218. The van der Waals surface area contributed by atoms with Gasteiger partial charge in [-0.15, -0.1) is 0 Å². The number of benzene rings is 1. The molecule has 2 atom stereocenters. The number of para-hydroxylation sites is 1. The summed E-state index contributed by atoms with van der Waals surface area (Å²) in [7, 11) is -10.5. The molecule has 0 radical (unpaired) electrons. The molecule has 2 aromatic rings. The van der Waals surface area contributed by atoms with E-state index >= 15 is 0 Å². The molecule has 2 aliphatic rings. The first-order valence-electron chi connectivity index (χ1n) is 9.43. The third kappa shape index (κ3) is 4.32. The minimum atomic E-state index is -5.24. The lowest BCUT2D eigenvalue weighted by Crippen LogP contribution is -2.38. The van der Waals surface area contributed by atoms with Gasteiger partial charge in [-0.05, 0) is 17.7 Å². The van der Waals surface area contributed by atoms with Crippen LogP contribution >= 0.6 is 15.2 Å². The number of aliphatic hydroxyl groups is 1. The Morgan fingerprint density at radius 1 is 1.18 bits per heavy atom. The topological polar surface area (TPSA) is 182 Å². The highest BCUT2D eigenvalue weighted by Crippen LogP contribution is 2.79. The fourth-order valence-electron chi connectivity index (χ4n) is 3.17. The Labute approximate surface area is 186 Å². The lowest BCUT2D eigenvalue weighted by atomic mass is 10.2. The van der Waals surface area contributed by atoms with Crippen molar-refractivity contribution in [2.24, 2.45) is 0 Å². The fourth-order valence-corrected chi connectivity index (χ4v) is 6.74. The first kappa shape index (κ1) is 23.5. The van der Waals surface area contributed by atoms with Gasteiger partial charge in [0.15, 0.2) is 0 Å². The monoisotopic (exact) mass is 500 g/mol. The summed E-state index contributed by atoms with van der Waals surface area (Å²) >= 11 is 0. The van der Waals surface area contributed by atoms with E-state index in [0.717, 1.165) is 0 Å². The minimum Gasteiger partial charge on any atom is -0.447 e. The first-order chi connectivity index (χ1) is 15.5. The molecule has 15 heteroatoms. The summed E-state index contributed by atoms with van der Waals surface area (Å²) in [5.74, 6) is -0.273. The molecule has 33 heavy (non-hydrogen) atoms. The van der Waals surface area contributed by atoms with E-state index in [-0.39, 0.29) is 30.0 Å². The molecule has 0 saturated carbocycles. The second-order valence-corrected chi connectivity index (χ2v) is 11.4. The van der Waals surface area contributed by atoms with Crippen molar-refractivity contribution in [3.8, 4) is 5.75 Å². The number of ether oxygens (including phenoxy) is 2. The van der Waals surface area contributed by atoms with Gasteiger partial charge in [0, 0.05) is 18.8 Å². The van der Waals surface area contributed by atoms with E-state index in [1.54, 1.807) is 0 Å². The van der Waals surface area contributed by atoms with Gasteiger partial charge in [-0.1, -0.05) is 24.3 Å². The van der Waals surface area contributed by atoms with Crippen LogP contribution in [0.4, 0.5) is 9.59 Å². The normalized spacial score (nSPS) is 31.8. The smallest absolute Gasteiger partial charge is 0.424 e. The van der Waals surface area contributed by atoms with Crippen molar-refractivity contribution in [1.29, 1.82) is 0 Å². The minimum absolute atomic E-state index is 0.0126. The third-order valence-electron chi connectivity index (χ3n) is 4.90. The van der Waals surface area contributed by atoms with Gasteiger partial charge in [0.1, 0.15) is 12.4 Å². The molecule has 2 saturated heterocycles. The quantitative estimate of drug-likeness (QED) is 0.522. The summed E-state index contributed by atoms with van der Waals surface area (Å²) in [6, 6.07) is 8.26. The lowest BCUT2D eigenvalue weighted by molar-refractivity contribution is -0.0587. The summed E-state index contributed by atoms with van der Waals surface area (Å²) < 4.78 is 45.8. The zero-order valence-electron chi connectivity index (χ0n) is 16.7. The van der Waals surface area contributed by atoms with Crippen LogP contribution in [0.3, 0.4) is 0 Å². The van der Waals surface area contributed by atoms with E-state index in [2.05, 4.69) is 9.72 Å². The highest BCUT2D eigenvalue weighted by Gasteiger charge is 2.67. The molecule has 2 amide bonds. The van der Waals surface area contributed by atoms with Crippen LogP contribution in [-0.2, 0) is 29.3 Å². The van der Waals surface area contributed by atoms with Gasteiger partial charge >= 0.3 is 27.4 Å². The third-order valence-corrected chi connectivity index (χ3v) is 9.50. The van der Waals surface area contributed by atoms with E-state index in [1.807, 2.05) is 0 Å². The number of nitrogens with zero attached hydrogens (tertiary/aromatic N) is 2. The Balaban J connectivity index is 1.62. The van der Waals surface area contributed by atoms with Crippen LogP contribution in [0.25, 0.3) is 0 Å². The maximum Gasteiger partial charge on any atom is 0.424 e. The number of aromatic nitrogens is 1. The van der Waals surface area contributed by atoms with E-state index < -0.39 is 45.2 Å².